The molecule has 2 aromatic carbocycles. The highest BCUT2D eigenvalue weighted by atomic mass is 16.4. The minimum atomic E-state index is -1.23. The normalized spacial score (nSPS) is 14.1. The molecule has 0 aliphatic carbocycles. The van der Waals surface area contributed by atoms with Gasteiger partial charge in [0.25, 0.3) is 0 Å². The van der Waals surface area contributed by atoms with E-state index in [1.165, 1.54) is 17.3 Å². The van der Waals surface area contributed by atoms with E-state index in [4.69, 9.17) is 5.73 Å². The highest BCUT2D eigenvalue weighted by Crippen LogP contribution is 2.33. The van der Waals surface area contributed by atoms with Crippen molar-refractivity contribution >= 4 is 28.2 Å². The molecule has 3 aromatic rings. The Morgan fingerprint density at radius 1 is 1.14 bits per heavy atom. The molecule has 0 atom stereocenters. The maximum atomic E-state index is 12.8. The number of fused-ring (bicyclic) bond motifs is 2. The molecule has 0 spiro atoms. The van der Waals surface area contributed by atoms with Crippen LogP contribution < -0.4 is 16.1 Å². The van der Waals surface area contributed by atoms with Gasteiger partial charge in [-0.3, -0.25) is 4.79 Å². The maximum absolute atomic E-state index is 12.8. The number of pyridine rings is 1. The maximum Gasteiger partial charge on any atom is 0.341 e. The predicted octanol–water partition coefficient (Wildman–Crippen LogP) is 3.60. The molecule has 0 amide bonds. The SMILES string of the molecule is CC(C)(C)n1cc(C(=O)O)c(=O)c2cc(N)c(N3CCc4ccccc4C3)cc21. The fraction of sp³-hybridized carbons (Fsp3) is 0.304. The Bertz CT molecular complexity index is 1190. The van der Waals surface area contributed by atoms with Gasteiger partial charge in [-0.2, -0.15) is 0 Å². The third kappa shape index (κ3) is 3.24. The Kier molecular flexibility index (Phi) is 4.37. The van der Waals surface area contributed by atoms with E-state index in [9.17, 15) is 14.7 Å². The third-order valence-corrected chi connectivity index (χ3v) is 5.58. The summed E-state index contributed by atoms with van der Waals surface area (Å²) in [6, 6.07) is 11.9. The first kappa shape index (κ1) is 19.1. The molecular formula is C23H25N3O3. The molecule has 1 aliphatic rings. The molecule has 0 fully saturated rings. The number of carbonyl (C=O) groups is 1. The fourth-order valence-corrected chi connectivity index (χ4v) is 4.06. The van der Waals surface area contributed by atoms with Crippen molar-refractivity contribution in [1.29, 1.82) is 0 Å². The average molecular weight is 391 g/mol. The third-order valence-electron chi connectivity index (χ3n) is 5.58. The standard InChI is InChI=1S/C23H25N3O3/c1-23(2,3)26-13-17(22(28)29)21(27)16-10-18(24)20(11-19(16)26)25-9-8-14-6-4-5-7-15(14)12-25/h4-7,10-11,13H,8-9,12,24H2,1-3H3,(H,28,29). The van der Waals surface area contributed by atoms with Crippen LogP contribution in [0.5, 0.6) is 0 Å². The molecule has 150 valence electrons. The van der Waals surface area contributed by atoms with Gasteiger partial charge in [-0.25, -0.2) is 4.79 Å². The van der Waals surface area contributed by atoms with Gasteiger partial charge in [0.2, 0.25) is 5.43 Å². The molecule has 3 N–H and O–H groups in total. The Morgan fingerprint density at radius 2 is 1.83 bits per heavy atom. The van der Waals surface area contributed by atoms with E-state index in [1.54, 1.807) is 6.07 Å². The van der Waals surface area contributed by atoms with Crippen LogP contribution in [0.3, 0.4) is 0 Å². The zero-order valence-corrected chi connectivity index (χ0v) is 16.9. The molecule has 29 heavy (non-hydrogen) atoms. The first-order valence-corrected chi connectivity index (χ1v) is 9.71. The number of nitrogen functional groups attached to an aromatic ring is 1. The molecule has 6 nitrogen and oxygen atoms in total. The topological polar surface area (TPSA) is 88.6 Å². The van der Waals surface area contributed by atoms with Crippen molar-refractivity contribution in [3.05, 3.63) is 69.5 Å². The number of carboxylic acid groups (broad SMARTS) is 1. The van der Waals surface area contributed by atoms with Gasteiger partial charge in [0.1, 0.15) is 5.56 Å². The number of carboxylic acids is 1. The number of benzene rings is 2. The largest absolute Gasteiger partial charge is 0.477 e. The molecule has 2 heterocycles. The smallest absolute Gasteiger partial charge is 0.341 e. The Hall–Kier alpha value is -3.28. The molecule has 4 rings (SSSR count). The van der Waals surface area contributed by atoms with Gasteiger partial charge in [-0.1, -0.05) is 24.3 Å². The molecule has 0 unspecified atom stereocenters. The van der Waals surface area contributed by atoms with Gasteiger partial charge in [-0.15, -0.1) is 0 Å². The summed E-state index contributed by atoms with van der Waals surface area (Å²) in [6.07, 6.45) is 2.37. The lowest BCUT2D eigenvalue weighted by atomic mass is 9.98. The minimum Gasteiger partial charge on any atom is -0.477 e. The first-order valence-electron chi connectivity index (χ1n) is 9.71. The fourth-order valence-electron chi connectivity index (χ4n) is 4.06. The Balaban J connectivity index is 1.92. The number of hydrogen-bond donors (Lipinski definition) is 2. The van der Waals surface area contributed by atoms with Crippen molar-refractivity contribution in [3.8, 4) is 0 Å². The van der Waals surface area contributed by atoms with E-state index in [1.807, 2.05) is 37.5 Å². The second-order valence-corrected chi connectivity index (χ2v) is 8.59. The summed E-state index contributed by atoms with van der Waals surface area (Å²) < 4.78 is 1.86. The van der Waals surface area contributed by atoms with Gasteiger partial charge < -0.3 is 20.3 Å². The average Bonchev–Trinajstić information content (AvgIpc) is 2.66. The van der Waals surface area contributed by atoms with Crippen LogP contribution in [-0.4, -0.2) is 22.2 Å². The zero-order chi connectivity index (χ0) is 20.9. The molecule has 1 aliphatic heterocycles. The van der Waals surface area contributed by atoms with E-state index < -0.39 is 16.9 Å². The summed E-state index contributed by atoms with van der Waals surface area (Å²) in [6.45, 7) is 7.53. The van der Waals surface area contributed by atoms with Crippen molar-refractivity contribution in [2.24, 2.45) is 0 Å². The molecule has 0 radical (unpaired) electrons. The number of rotatable bonds is 2. The number of hydrogen-bond acceptors (Lipinski definition) is 4. The van der Waals surface area contributed by atoms with E-state index in [0.29, 0.717) is 16.6 Å². The molecule has 0 bridgehead atoms. The zero-order valence-electron chi connectivity index (χ0n) is 16.9. The molecular weight excluding hydrogens is 366 g/mol. The van der Waals surface area contributed by atoms with Crippen LogP contribution >= 0.6 is 0 Å². The van der Waals surface area contributed by atoms with Gasteiger partial charge in [0, 0.05) is 30.2 Å². The minimum absolute atomic E-state index is 0.244. The molecule has 0 saturated carbocycles. The summed E-state index contributed by atoms with van der Waals surface area (Å²) in [7, 11) is 0. The monoisotopic (exact) mass is 391 g/mol. The van der Waals surface area contributed by atoms with Gasteiger partial charge in [-0.05, 0) is 50.5 Å². The molecule has 1 aromatic heterocycles. The lowest BCUT2D eigenvalue weighted by Gasteiger charge is -2.33. The number of aromatic nitrogens is 1. The summed E-state index contributed by atoms with van der Waals surface area (Å²) in [5.74, 6) is -1.23. The number of anilines is 2. The van der Waals surface area contributed by atoms with Gasteiger partial charge in [0.05, 0.1) is 16.9 Å². The van der Waals surface area contributed by atoms with Gasteiger partial charge >= 0.3 is 5.97 Å². The van der Waals surface area contributed by atoms with E-state index in [2.05, 4.69) is 23.1 Å². The van der Waals surface area contributed by atoms with Crippen molar-refractivity contribution in [3.63, 3.8) is 0 Å². The van der Waals surface area contributed by atoms with Crippen molar-refractivity contribution in [2.75, 3.05) is 17.2 Å². The highest BCUT2D eigenvalue weighted by Gasteiger charge is 2.24. The van der Waals surface area contributed by atoms with Crippen LogP contribution in [0.4, 0.5) is 11.4 Å². The number of nitrogens with two attached hydrogens (primary N) is 1. The molecule has 6 heteroatoms. The first-order chi connectivity index (χ1) is 13.7. The summed E-state index contributed by atoms with van der Waals surface area (Å²) in [4.78, 5) is 26.6. The van der Waals surface area contributed by atoms with Crippen LogP contribution in [0.25, 0.3) is 10.9 Å². The number of nitrogens with zero attached hydrogens (tertiary/aromatic N) is 2. The summed E-state index contributed by atoms with van der Waals surface area (Å²) in [5, 5.41) is 9.82. The number of aromatic carboxylic acids is 1. The van der Waals surface area contributed by atoms with Crippen LogP contribution in [-0.2, 0) is 18.5 Å². The van der Waals surface area contributed by atoms with Crippen molar-refractivity contribution in [2.45, 2.75) is 39.3 Å². The summed E-state index contributed by atoms with van der Waals surface area (Å²) >= 11 is 0. The lowest BCUT2D eigenvalue weighted by molar-refractivity contribution is 0.0694. The van der Waals surface area contributed by atoms with E-state index in [-0.39, 0.29) is 5.56 Å². The predicted molar refractivity (Wildman–Crippen MR) is 116 cm³/mol. The van der Waals surface area contributed by atoms with Crippen molar-refractivity contribution in [1.82, 2.24) is 4.57 Å². The van der Waals surface area contributed by atoms with Crippen LogP contribution in [0.1, 0.15) is 42.3 Å². The van der Waals surface area contributed by atoms with E-state index >= 15 is 0 Å². The second kappa shape index (κ2) is 6.65. The van der Waals surface area contributed by atoms with E-state index in [0.717, 1.165) is 25.2 Å². The lowest BCUT2D eigenvalue weighted by Crippen LogP contribution is -2.32. The second-order valence-electron chi connectivity index (χ2n) is 8.59. The summed E-state index contributed by atoms with van der Waals surface area (Å²) in [5.41, 5.74) is 9.86. The highest BCUT2D eigenvalue weighted by molar-refractivity contribution is 5.96. The van der Waals surface area contributed by atoms with Crippen LogP contribution in [0.2, 0.25) is 0 Å². The van der Waals surface area contributed by atoms with Crippen molar-refractivity contribution < 1.29 is 9.90 Å². The quantitative estimate of drug-likeness (QED) is 0.652. The Morgan fingerprint density at radius 3 is 2.48 bits per heavy atom. The van der Waals surface area contributed by atoms with Crippen LogP contribution in [0.15, 0.2) is 47.4 Å². The molecule has 0 saturated heterocycles. The van der Waals surface area contributed by atoms with Gasteiger partial charge in [0.15, 0.2) is 0 Å². The Labute approximate surface area is 169 Å². The van der Waals surface area contributed by atoms with Crippen LogP contribution in [0, 0.1) is 0 Å².